The average Bonchev–Trinajstić information content (AvgIpc) is 3.08. The quantitative estimate of drug-likeness (QED) is 0.253. The Balaban J connectivity index is 1.10. The molecule has 0 aliphatic carbocycles. The fraction of sp³-hybridized carbons (Fsp3) is 0.444. The molecule has 0 spiro atoms. The Morgan fingerprint density at radius 3 is 0.717 bits per heavy atom. The van der Waals surface area contributed by atoms with Crippen molar-refractivity contribution < 1.29 is 47.4 Å². The van der Waals surface area contributed by atoms with Crippen LogP contribution < -0.4 is 18.9 Å². The van der Waals surface area contributed by atoms with E-state index in [9.17, 15) is 0 Å². The van der Waals surface area contributed by atoms with Gasteiger partial charge in [-0.15, -0.1) is 0 Å². The minimum absolute atomic E-state index is 0.412. The minimum Gasteiger partial charge on any atom is -0.490 e. The number of hydrogen-bond donors (Lipinski definition) is 0. The third-order valence-corrected chi connectivity index (χ3v) is 7.09. The van der Waals surface area contributed by atoms with Crippen LogP contribution in [0.2, 0.25) is 0 Å². The van der Waals surface area contributed by atoms with Crippen LogP contribution in [0.15, 0.2) is 72.8 Å². The van der Waals surface area contributed by atoms with Crippen LogP contribution in [0.5, 0.6) is 23.0 Å². The number of hydrogen-bond acceptors (Lipinski definition) is 10. The Labute approximate surface area is 270 Å². The van der Waals surface area contributed by atoms with E-state index in [2.05, 4.69) is 0 Å². The third kappa shape index (κ3) is 10.7. The van der Waals surface area contributed by atoms with Gasteiger partial charge in [0.1, 0.15) is 49.4 Å². The molecule has 46 heavy (non-hydrogen) atoms. The average molecular weight is 637 g/mol. The first-order chi connectivity index (χ1) is 22.9. The lowest BCUT2D eigenvalue weighted by molar-refractivity contribution is 0.00465. The Kier molecular flexibility index (Phi) is 14.5. The zero-order valence-electron chi connectivity index (χ0n) is 26.3. The maximum absolute atomic E-state index is 6.07. The highest BCUT2D eigenvalue weighted by molar-refractivity contribution is 5.94. The summed E-state index contributed by atoms with van der Waals surface area (Å²) in [6.07, 6.45) is 0. The molecule has 0 radical (unpaired) electrons. The molecular formula is C36H44O10. The molecule has 10 nitrogen and oxygen atoms in total. The molecule has 1 heterocycles. The summed E-state index contributed by atoms with van der Waals surface area (Å²) in [4.78, 5) is 0. The van der Waals surface area contributed by atoms with Gasteiger partial charge in [-0.25, -0.2) is 0 Å². The minimum atomic E-state index is 0.412. The van der Waals surface area contributed by atoms with Crippen molar-refractivity contribution in [1.82, 2.24) is 0 Å². The fourth-order valence-electron chi connectivity index (χ4n) is 4.95. The van der Waals surface area contributed by atoms with Gasteiger partial charge in [0.25, 0.3) is 0 Å². The summed E-state index contributed by atoms with van der Waals surface area (Å²) in [5, 5.41) is 3.94. The highest BCUT2D eigenvalue weighted by Gasteiger charge is 2.10. The van der Waals surface area contributed by atoms with E-state index < -0.39 is 0 Å². The summed E-state index contributed by atoms with van der Waals surface area (Å²) in [6, 6.07) is 23.8. The van der Waals surface area contributed by atoms with Crippen molar-refractivity contribution in [3.05, 3.63) is 72.8 Å². The zero-order chi connectivity index (χ0) is 31.5. The van der Waals surface area contributed by atoms with E-state index in [1.807, 2.05) is 72.8 Å². The van der Waals surface area contributed by atoms with Crippen LogP contribution in [0.4, 0.5) is 0 Å². The molecule has 248 valence electrons. The molecule has 1 aliphatic heterocycles. The second kappa shape index (κ2) is 19.8. The number of ether oxygens (including phenoxy) is 10. The molecular weight excluding hydrogens is 592 g/mol. The van der Waals surface area contributed by atoms with Crippen LogP contribution >= 0.6 is 0 Å². The van der Waals surface area contributed by atoms with Crippen LogP contribution in [0.3, 0.4) is 0 Å². The van der Waals surface area contributed by atoms with Crippen molar-refractivity contribution >= 4 is 21.5 Å². The first kappa shape index (κ1) is 33.7. The standard InChI is InChI=1S/C36H44O10/c1-5-29-6-2-10-32-35(29)31(9-1)43-25-21-39-17-13-37-15-19-41-23-27-45-33-11-3-7-30-8-4-12-34(36(30)33)46-28-24-42-20-16-38-14-18-40-22-26-44-32/h1-12H,13-28H2. The smallest absolute Gasteiger partial charge is 0.130 e. The van der Waals surface area contributed by atoms with Crippen LogP contribution in [0, 0.1) is 0 Å². The second-order valence-corrected chi connectivity index (χ2v) is 10.3. The first-order valence-corrected chi connectivity index (χ1v) is 15.9. The Hall–Kier alpha value is -3.64. The number of rotatable bonds is 0. The molecule has 0 bridgehead atoms. The van der Waals surface area contributed by atoms with Gasteiger partial charge in [-0.05, 0) is 35.0 Å². The van der Waals surface area contributed by atoms with Crippen LogP contribution in [0.1, 0.15) is 0 Å². The monoisotopic (exact) mass is 636 g/mol. The van der Waals surface area contributed by atoms with E-state index in [-0.39, 0.29) is 0 Å². The lowest BCUT2D eigenvalue weighted by Gasteiger charge is -2.15. The van der Waals surface area contributed by atoms with E-state index in [0.717, 1.165) is 44.5 Å². The third-order valence-electron chi connectivity index (χ3n) is 7.09. The van der Waals surface area contributed by atoms with E-state index >= 15 is 0 Å². The van der Waals surface area contributed by atoms with Crippen molar-refractivity contribution in [3.63, 3.8) is 0 Å². The molecule has 0 saturated heterocycles. The largest absolute Gasteiger partial charge is 0.490 e. The van der Waals surface area contributed by atoms with Crippen molar-refractivity contribution in [2.75, 3.05) is 106 Å². The molecule has 0 saturated carbocycles. The topological polar surface area (TPSA) is 92.3 Å². The fourth-order valence-corrected chi connectivity index (χ4v) is 4.95. The molecule has 1 aliphatic rings. The number of benzene rings is 4. The molecule has 0 unspecified atom stereocenters. The van der Waals surface area contributed by atoms with Gasteiger partial charge in [0.2, 0.25) is 0 Å². The Morgan fingerprint density at radius 1 is 0.261 bits per heavy atom. The van der Waals surface area contributed by atoms with Gasteiger partial charge in [-0.1, -0.05) is 48.5 Å². The van der Waals surface area contributed by atoms with Crippen molar-refractivity contribution in [3.8, 4) is 23.0 Å². The van der Waals surface area contributed by atoms with E-state index in [4.69, 9.17) is 47.4 Å². The highest BCUT2D eigenvalue weighted by atomic mass is 16.6. The molecule has 4 aromatic carbocycles. The van der Waals surface area contributed by atoms with Crippen molar-refractivity contribution in [2.24, 2.45) is 0 Å². The summed E-state index contributed by atoms with van der Waals surface area (Å²) in [5.41, 5.74) is 0. The van der Waals surface area contributed by atoms with E-state index in [0.29, 0.717) is 106 Å². The molecule has 0 atom stereocenters. The normalized spacial score (nSPS) is 18.1. The van der Waals surface area contributed by atoms with Crippen LogP contribution in [-0.2, 0) is 28.4 Å². The van der Waals surface area contributed by atoms with E-state index in [1.165, 1.54) is 0 Å². The van der Waals surface area contributed by atoms with Crippen molar-refractivity contribution in [2.45, 2.75) is 0 Å². The van der Waals surface area contributed by atoms with Gasteiger partial charge in [0.05, 0.1) is 90.1 Å². The van der Waals surface area contributed by atoms with E-state index in [1.54, 1.807) is 0 Å². The molecule has 0 fully saturated rings. The second-order valence-electron chi connectivity index (χ2n) is 10.3. The summed E-state index contributed by atoms with van der Waals surface area (Å²) in [5.74, 6) is 3.02. The van der Waals surface area contributed by atoms with Gasteiger partial charge in [-0.2, -0.15) is 0 Å². The lowest BCUT2D eigenvalue weighted by atomic mass is 10.1. The SMILES string of the molecule is c1cc2c3c(cccc3c1)OCCOCCOCCOCCOc1cccc3cccc(c13)OCCOCCOCCOCCO2. The zero-order valence-corrected chi connectivity index (χ0v) is 26.3. The first-order valence-electron chi connectivity index (χ1n) is 15.9. The predicted octanol–water partition coefficient (Wildman–Crippen LogP) is 5.32. The van der Waals surface area contributed by atoms with Gasteiger partial charge < -0.3 is 47.4 Å². The molecule has 5 rings (SSSR count). The van der Waals surface area contributed by atoms with Gasteiger partial charge in [-0.3, -0.25) is 0 Å². The summed E-state index contributed by atoms with van der Waals surface area (Å²) in [7, 11) is 0. The lowest BCUT2D eigenvalue weighted by Crippen LogP contribution is -2.15. The molecule has 10 heteroatoms. The predicted molar refractivity (Wildman–Crippen MR) is 175 cm³/mol. The van der Waals surface area contributed by atoms with Crippen LogP contribution in [0.25, 0.3) is 21.5 Å². The maximum atomic E-state index is 6.07. The summed E-state index contributed by atoms with van der Waals surface area (Å²) >= 11 is 0. The van der Waals surface area contributed by atoms with Crippen molar-refractivity contribution in [1.29, 1.82) is 0 Å². The Bertz CT molecular complexity index is 1240. The molecule has 0 N–H and O–H groups in total. The van der Waals surface area contributed by atoms with Gasteiger partial charge >= 0.3 is 0 Å². The highest BCUT2D eigenvalue weighted by Crippen LogP contribution is 2.35. The molecule has 0 aromatic heterocycles. The summed E-state index contributed by atoms with van der Waals surface area (Å²) < 4.78 is 58.3. The molecule has 4 aromatic rings. The maximum Gasteiger partial charge on any atom is 0.130 e. The van der Waals surface area contributed by atoms with Crippen LogP contribution in [-0.4, -0.2) is 106 Å². The van der Waals surface area contributed by atoms with Gasteiger partial charge in [0.15, 0.2) is 0 Å². The Morgan fingerprint density at radius 2 is 0.478 bits per heavy atom. The molecule has 0 amide bonds. The van der Waals surface area contributed by atoms with Gasteiger partial charge in [0, 0.05) is 0 Å². The summed E-state index contributed by atoms with van der Waals surface area (Å²) in [6.45, 7) is 7.21.